The molecule has 2 aromatic carbocycles. The molecule has 8 nitrogen and oxygen atoms in total. The van der Waals surface area contributed by atoms with Gasteiger partial charge in [0.25, 0.3) is 5.91 Å². The predicted octanol–water partition coefficient (Wildman–Crippen LogP) is 3.05. The van der Waals surface area contributed by atoms with Gasteiger partial charge in [-0.25, -0.2) is 9.59 Å². The highest BCUT2D eigenvalue weighted by atomic mass is 16.5. The van der Waals surface area contributed by atoms with Crippen LogP contribution in [0.1, 0.15) is 21.5 Å². The van der Waals surface area contributed by atoms with Crippen molar-refractivity contribution in [2.45, 2.75) is 6.61 Å². The van der Waals surface area contributed by atoms with E-state index in [4.69, 9.17) is 14.6 Å². The number of carbonyl (C=O) groups is 3. The molecule has 2 aromatic rings. The molecule has 30 heavy (non-hydrogen) atoms. The summed E-state index contributed by atoms with van der Waals surface area (Å²) >= 11 is 0. The first-order valence-electron chi connectivity index (χ1n) is 9.02. The minimum atomic E-state index is -1.03. The average Bonchev–Trinajstić information content (AvgIpc) is 3.00. The number of hydrogen-bond donors (Lipinski definition) is 2. The van der Waals surface area contributed by atoms with Gasteiger partial charge >= 0.3 is 12.0 Å². The van der Waals surface area contributed by atoms with E-state index in [2.05, 4.69) is 11.9 Å². The van der Waals surface area contributed by atoms with E-state index in [1.807, 2.05) is 0 Å². The number of carboxylic acids is 1. The highest BCUT2D eigenvalue weighted by molar-refractivity contribution is 6.14. The molecule has 1 aliphatic rings. The maximum atomic E-state index is 12.5. The summed E-state index contributed by atoms with van der Waals surface area (Å²) in [6.45, 7) is 3.73. The summed E-state index contributed by atoms with van der Waals surface area (Å²) in [6, 6.07) is 11.0. The first-order valence-corrected chi connectivity index (χ1v) is 9.02. The molecule has 0 aromatic heterocycles. The van der Waals surface area contributed by atoms with Crippen molar-refractivity contribution >= 4 is 24.0 Å². The van der Waals surface area contributed by atoms with Gasteiger partial charge in [-0.3, -0.25) is 9.69 Å². The quantitative estimate of drug-likeness (QED) is 0.395. The van der Waals surface area contributed by atoms with Gasteiger partial charge in [0.15, 0.2) is 11.5 Å². The molecule has 0 aliphatic carbocycles. The lowest BCUT2D eigenvalue weighted by Gasteiger charge is -2.14. The van der Waals surface area contributed by atoms with Gasteiger partial charge in [-0.05, 0) is 29.8 Å². The van der Waals surface area contributed by atoms with E-state index in [0.29, 0.717) is 22.6 Å². The molecule has 0 bridgehead atoms. The number of carbonyl (C=O) groups excluding carboxylic acids is 2. The summed E-state index contributed by atoms with van der Waals surface area (Å²) in [5.41, 5.74) is 1.43. The number of rotatable bonds is 8. The van der Waals surface area contributed by atoms with Crippen LogP contribution in [0.3, 0.4) is 0 Å². The number of methoxy groups -OCH3 is 1. The zero-order chi connectivity index (χ0) is 21.7. The molecule has 1 fully saturated rings. The van der Waals surface area contributed by atoms with Crippen molar-refractivity contribution in [2.75, 3.05) is 13.7 Å². The van der Waals surface area contributed by atoms with Gasteiger partial charge in [0.05, 0.1) is 12.7 Å². The lowest BCUT2D eigenvalue weighted by molar-refractivity contribution is -0.122. The summed E-state index contributed by atoms with van der Waals surface area (Å²) in [5, 5.41) is 11.7. The van der Waals surface area contributed by atoms with E-state index in [0.717, 1.165) is 4.90 Å². The zero-order valence-corrected chi connectivity index (χ0v) is 16.3. The first-order chi connectivity index (χ1) is 14.4. The highest BCUT2D eigenvalue weighted by Crippen LogP contribution is 2.33. The molecular weight excluding hydrogens is 388 g/mol. The second-order valence-electron chi connectivity index (χ2n) is 6.37. The van der Waals surface area contributed by atoms with Gasteiger partial charge in [-0.1, -0.05) is 30.3 Å². The molecule has 3 amide bonds. The number of imide groups is 1. The number of aromatic carboxylic acids is 1. The van der Waals surface area contributed by atoms with Crippen LogP contribution >= 0.6 is 0 Å². The van der Waals surface area contributed by atoms with Crippen LogP contribution < -0.4 is 14.8 Å². The van der Waals surface area contributed by atoms with Crippen molar-refractivity contribution in [3.8, 4) is 11.5 Å². The minimum Gasteiger partial charge on any atom is -0.493 e. The summed E-state index contributed by atoms with van der Waals surface area (Å²) in [7, 11) is 1.48. The largest absolute Gasteiger partial charge is 0.493 e. The number of nitrogens with one attached hydrogen (secondary N) is 1. The fourth-order valence-electron chi connectivity index (χ4n) is 2.93. The number of para-hydroxylation sites is 1. The number of ether oxygens (including phenoxy) is 2. The van der Waals surface area contributed by atoms with Crippen molar-refractivity contribution in [1.82, 2.24) is 10.2 Å². The Morgan fingerprint density at radius 3 is 2.70 bits per heavy atom. The van der Waals surface area contributed by atoms with Crippen LogP contribution in [0.5, 0.6) is 11.5 Å². The Hall–Kier alpha value is -4.07. The Labute approximate surface area is 173 Å². The van der Waals surface area contributed by atoms with Crippen molar-refractivity contribution in [1.29, 1.82) is 0 Å². The molecular formula is C22H20N2O6. The molecule has 1 aliphatic heterocycles. The Bertz CT molecular complexity index is 1040. The van der Waals surface area contributed by atoms with Crippen molar-refractivity contribution in [2.24, 2.45) is 0 Å². The fraction of sp³-hybridized carbons (Fsp3) is 0.136. The first kappa shape index (κ1) is 20.7. The molecule has 1 heterocycles. The van der Waals surface area contributed by atoms with Crippen LogP contribution in [0.4, 0.5) is 4.79 Å². The second-order valence-corrected chi connectivity index (χ2v) is 6.37. The van der Waals surface area contributed by atoms with E-state index >= 15 is 0 Å². The maximum Gasteiger partial charge on any atom is 0.335 e. The van der Waals surface area contributed by atoms with E-state index in [9.17, 15) is 14.4 Å². The molecule has 154 valence electrons. The molecule has 0 unspecified atom stereocenters. The molecule has 8 heteroatoms. The van der Waals surface area contributed by atoms with Crippen molar-refractivity contribution < 1.29 is 29.0 Å². The number of amides is 3. The van der Waals surface area contributed by atoms with Gasteiger partial charge in [0.2, 0.25) is 0 Å². The SMILES string of the molecule is C=CCN1C(=O)N/C(=C/c2cccc(OC)c2OCc2cccc(C(=O)O)c2)C1=O. The summed E-state index contributed by atoms with van der Waals surface area (Å²) in [6.07, 6.45) is 2.97. The minimum absolute atomic E-state index is 0.0839. The average molecular weight is 408 g/mol. The van der Waals surface area contributed by atoms with Crippen LogP contribution in [0.15, 0.2) is 60.8 Å². The van der Waals surface area contributed by atoms with Gasteiger partial charge in [-0.2, -0.15) is 0 Å². The Balaban J connectivity index is 1.90. The standard InChI is InChI=1S/C22H20N2O6/c1-3-10-24-20(25)17(23-22(24)28)12-15-7-5-9-18(29-2)19(15)30-13-14-6-4-8-16(11-14)21(26)27/h3-9,11-12H,1,10,13H2,2H3,(H,23,28)(H,26,27)/b17-12+. The number of urea groups is 1. The van der Waals surface area contributed by atoms with E-state index < -0.39 is 17.9 Å². The van der Waals surface area contributed by atoms with E-state index in [-0.39, 0.29) is 24.4 Å². The maximum absolute atomic E-state index is 12.5. The fourth-order valence-corrected chi connectivity index (χ4v) is 2.93. The Morgan fingerprint density at radius 1 is 1.23 bits per heavy atom. The molecule has 0 radical (unpaired) electrons. The molecule has 1 saturated heterocycles. The highest BCUT2D eigenvalue weighted by Gasteiger charge is 2.32. The number of nitrogens with zero attached hydrogens (tertiary/aromatic N) is 1. The van der Waals surface area contributed by atoms with Crippen LogP contribution in [-0.4, -0.2) is 41.6 Å². The van der Waals surface area contributed by atoms with Gasteiger partial charge in [0.1, 0.15) is 12.3 Å². The van der Waals surface area contributed by atoms with Gasteiger partial charge in [0, 0.05) is 12.1 Å². The molecule has 0 atom stereocenters. The van der Waals surface area contributed by atoms with Crippen molar-refractivity contribution in [3.63, 3.8) is 0 Å². The van der Waals surface area contributed by atoms with Gasteiger partial charge < -0.3 is 19.9 Å². The summed E-state index contributed by atoms with van der Waals surface area (Å²) in [5.74, 6) is -0.710. The van der Waals surface area contributed by atoms with Crippen molar-refractivity contribution in [3.05, 3.63) is 77.5 Å². The molecule has 3 rings (SSSR count). The van der Waals surface area contributed by atoms with Crippen LogP contribution in [-0.2, 0) is 11.4 Å². The smallest absolute Gasteiger partial charge is 0.335 e. The van der Waals surface area contributed by atoms with Crippen LogP contribution in [0.2, 0.25) is 0 Å². The number of carboxylic acid groups (broad SMARTS) is 1. The van der Waals surface area contributed by atoms with E-state index in [1.54, 1.807) is 30.3 Å². The van der Waals surface area contributed by atoms with Crippen LogP contribution in [0, 0.1) is 0 Å². The third-order valence-corrected chi connectivity index (χ3v) is 4.36. The monoisotopic (exact) mass is 408 g/mol. The molecule has 0 spiro atoms. The number of hydrogen-bond acceptors (Lipinski definition) is 5. The third kappa shape index (κ3) is 4.33. The Morgan fingerprint density at radius 2 is 2.00 bits per heavy atom. The van der Waals surface area contributed by atoms with Gasteiger partial charge in [-0.15, -0.1) is 6.58 Å². The zero-order valence-electron chi connectivity index (χ0n) is 16.3. The molecule has 0 saturated carbocycles. The summed E-state index contributed by atoms with van der Waals surface area (Å²) in [4.78, 5) is 36.6. The number of benzene rings is 2. The lowest BCUT2D eigenvalue weighted by Crippen LogP contribution is -2.30. The topological polar surface area (TPSA) is 105 Å². The Kier molecular flexibility index (Phi) is 6.17. The molecule has 2 N–H and O–H groups in total. The third-order valence-electron chi connectivity index (χ3n) is 4.36. The van der Waals surface area contributed by atoms with Crippen LogP contribution in [0.25, 0.3) is 6.08 Å². The van der Waals surface area contributed by atoms with E-state index in [1.165, 1.54) is 31.4 Å². The normalized spacial score (nSPS) is 14.6. The second kappa shape index (κ2) is 8.95. The lowest BCUT2D eigenvalue weighted by atomic mass is 10.1. The predicted molar refractivity (Wildman–Crippen MR) is 109 cm³/mol. The summed E-state index contributed by atoms with van der Waals surface area (Å²) < 4.78 is 11.3.